The van der Waals surface area contributed by atoms with Gasteiger partial charge in [0, 0.05) is 11.3 Å². The number of hydrogen-bond donors (Lipinski definition) is 1. The SMILES string of the molecule is Cc1cc(-c2ccccc2)c(F)c(=O)[nH]1. The van der Waals surface area contributed by atoms with Crippen molar-refractivity contribution in [3.05, 3.63) is 58.3 Å². The number of hydrogen-bond acceptors (Lipinski definition) is 1. The lowest BCUT2D eigenvalue weighted by Gasteiger charge is -2.03. The summed E-state index contributed by atoms with van der Waals surface area (Å²) in [6, 6.07) is 10.7. The molecule has 0 spiro atoms. The van der Waals surface area contributed by atoms with Crippen molar-refractivity contribution < 1.29 is 4.39 Å². The highest BCUT2D eigenvalue weighted by Crippen LogP contribution is 2.20. The highest BCUT2D eigenvalue weighted by molar-refractivity contribution is 5.63. The Hall–Kier alpha value is -1.90. The molecule has 0 aliphatic heterocycles. The van der Waals surface area contributed by atoms with Crippen molar-refractivity contribution in [2.45, 2.75) is 6.92 Å². The molecule has 0 atom stereocenters. The summed E-state index contributed by atoms with van der Waals surface area (Å²) >= 11 is 0. The lowest BCUT2D eigenvalue weighted by molar-refractivity contribution is 0.611. The van der Waals surface area contributed by atoms with Gasteiger partial charge in [0.1, 0.15) is 0 Å². The summed E-state index contributed by atoms with van der Waals surface area (Å²) in [7, 11) is 0. The second-order valence-corrected chi connectivity index (χ2v) is 3.38. The molecule has 1 aromatic heterocycles. The monoisotopic (exact) mass is 203 g/mol. The number of aryl methyl sites for hydroxylation is 1. The van der Waals surface area contributed by atoms with E-state index < -0.39 is 11.4 Å². The van der Waals surface area contributed by atoms with Crippen LogP contribution in [-0.2, 0) is 0 Å². The first kappa shape index (κ1) is 9.65. The van der Waals surface area contributed by atoms with Gasteiger partial charge in [0.2, 0.25) is 0 Å². The van der Waals surface area contributed by atoms with Crippen molar-refractivity contribution in [3.63, 3.8) is 0 Å². The fourth-order valence-electron chi connectivity index (χ4n) is 1.50. The van der Waals surface area contributed by atoms with Crippen LogP contribution < -0.4 is 5.56 Å². The number of H-pyrrole nitrogens is 1. The number of nitrogens with one attached hydrogen (secondary N) is 1. The van der Waals surface area contributed by atoms with E-state index >= 15 is 0 Å². The molecular formula is C12H10FNO. The third kappa shape index (κ3) is 1.81. The minimum absolute atomic E-state index is 0.344. The Kier molecular flexibility index (Phi) is 2.37. The molecule has 0 bridgehead atoms. The van der Waals surface area contributed by atoms with Gasteiger partial charge in [-0.25, -0.2) is 4.39 Å². The molecule has 2 aromatic rings. The summed E-state index contributed by atoms with van der Waals surface area (Å²) in [5, 5.41) is 0. The molecule has 0 fully saturated rings. The molecule has 1 aromatic carbocycles. The minimum atomic E-state index is -0.730. The van der Waals surface area contributed by atoms with Crippen LogP contribution in [0.1, 0.15) is 5.69 Å². The van der Waals surface area contributed by atoms with Crippen LogP contribution in [0.5, 0.6) is 0 Å². The van der Waals surface area contributed by atoms with Crippen molar-refractivity contribution >= 4 is 0 Å². The number of pyridine rings is 1. The third-order valence-electron chi connectivity index (χ3n) is 2.19. The predicted octanol–water partition coefficient (Wildman–Crippen LogP) is 2.49. The Morgan fingerprint density at radius 2 is 1.87 bits per heavy atom. The number of rotatable bonds is 1. The fourth-order valence-corrected chi connectivity index (χ4v) is 1.50. The van der Waals surface area contributed by atoms with Gasteiger partial charge in [0.15, 0.2) is 5.82 Å². The maximum Gasteiger partial charge on any atom is 0.284 e. The van der Waals surface area contributed by atoms with Gasteiger partial charge in [-0.05, 0) is 18.6 Å². The molecule has 2 nitrogen and oxygen atoms in total. The zero-order valence-electron chi connectivity index (χ0n) is 8.25. The molecular weight excluding hydrogens is 193 g/mol. The van der Waals surface area contributed by atoms with E-state index in [0.29, 0.717) is 16.8 Å². The zero-order valence-corrected chi connectivity index (χ0v) is 8.25. The molecule has 0 radical (unpaired) electrons. The summed E-state index contributed by atoms with van der Waals surface area (Å²) in [6.45, 7) is 1.73. The molecule has 0 saturated carbocycles. The number of aromatic amines is 1. The average molecular weight is 203 g/mol. The lowest BCUT2D eigenvalue weighted by Crippen LogP contribution is -2.12. The van der Waals surface area contributed by atoms with E-state index in [9.17, 15) is 9.18 Å². The van der Waals surface area contributed by atoms with Crippen molar-refractivity contribution in [1.29, 1.82) is 0 Å². The Morgan fingerprint density at radius 3 is 2.53 bits per heavy atom. The molecule has 0 aliphatic rings. The Bertz CT molecular complexity index is 531. The first-order valence-electron chi connectivity index (χ1n) is 4.63. The topological polar surface area (TPSA) is 32.9 Å². The van der Waals surface area contributed by atoms with E-state index in [0.717, 1.165) is 0 Å². The Balaban J connectivity index is 2.68. The molecule has 15 heavy (non-hydrogen) atoms. The fraction of sp³-hybridized carbons (Fsp3) is 0.0833. The van der Waals surface area contributed by atoms with Crippen molar-refractivity contribution in [2.75, 3.05) is 0 Å². The second kappa shape index (κ2) is 3.69. The maximum absolute atomic E-state index is 13.5. The number of halogens is 1. The summed E-state index contributed by atoms with van der Waals surface area (Å²) < 4.78 is 13.5. The maximum atomic E-state index is 13.5. The first-order valence-corrected chi connectivity index (χ1v) is 4.63. The quantitative estimate of drug-likeness (QED) is 0.758. The van der Waals surface area contributed by atoms with E-state index in [2.05, 4.69) is 4.98 Å². The van der Waals surface area contributed by atoms with Gasteiger partial charge in [-0.3, -0.25) is 4.79 Å². The average Bonchev–Trinajstić information content (AvgIpc) is 2.24. The normalized spacial score (nSPS) is 10.3. The predicted molar refractivity (Wildman–Crippen MR) is 57.2 cm³/mol. The summed E-state index contributed by atoms with van der Waals surface area (Å²) in [5.41, 5.74) is 1.04. The third-order valence-corrected chi connectivity index (χ3v) is 2.19. The summed E-state index contributed by atoms with van der Waals surface area (Å²) in [4.78, 5) is 13.6. The van der Waals surface area contributed by atoms with Crippen molar-refractivity contribution in [2.24, 2.45) is 0 Å². The molecule has 0 amide bonds. The molecule has 0 unspecified atom stereocenters. The van der Waals surface area contributed by atoms with Crippen LogP contribution in [0.15, 0.2) is 41.2 Å². The molecule has 3 heteroatoms. The Morgan fingerprint density at radius 1 is 1.20 bits per heavy atom. The largest absolute Gasteiger partial charge is 0.324 e. The molecule has 2 rings (SSSR count). The van der Waals surface area contributed by atoms with Gasteiger partial charge in [-0.1, -0.05) is 30.3 Å². The smallest absolute Gasteiger partial charge is 0.284 e. The molecule has 1 heterocycles. The van der Waals surface area contributed by atoms with Crippen molar-refractivity contribution in [1.82, 2.24) is 4.98 Å². The van der Waals surface area contributed by atoms with Gasteiger partial charge in [-0.2, -0.15) is 0 Å². The molecule has 76 valence electrons. The molecule has 0 saturated heterocycles. The summed E-state index contributed by atoms with van der Waals surface area (Å²) in [5.74, 6) is -0.730. The van der Waals surface area contributed by atoms with Gasteiger partial charge in [0.25, 0.3) is 5.56 Å². The lowest BCUT2D eigenvalue weighted by atomic mass is 10.1. The highest BCUT2D eigenvalue weighted by atomic mass is 19.1. The molecule has 1 N–H and O–H groups in total. The van der Waals surface area contributed by atoms with E-state index in [1.165, 1.54) is 0 Å². The van der Waals surface area contributed by atoms with Crippen LogP contribution in [0.3, 0.4) is 0 Å². The zero-order chi connectivity index (χ0) is 10.8. The van der Waals surface area contributed by atoms with Crippen LogP contribution >= 0.6 is 0 Å². The second-order valence-electron chi connectivity index (χ2n) is 3.38. The van der Waals surface area contributed by atoms with Crippen LogP contribution in [0.4, 0.5) is 4.39 Å². The Labute approximate surface area is 86.4 Å². The van der Waals surface area contributed by atoms with Crippen LogP contribution in [0.25, 0.3) is 11.1 Å². The van der Waals surface area contributed by atoms with E-state index in [-0.39, 0.29) is 0 Å². The van der Waals surface area contributed by atoms with E-state index in [1.807, 2.05) is 18.2 Å². The van der Waals surface area contributed by atoms with Gasteiger partial charge >= 0.3 is 0 Å². The highest BCUT2D eigenvalue weighted by Gasteiger charge is 2.08. The van der Waals surface area contributed by atoms with Crippen LogP contribution in [0.2, 0.25) is 0 Å². The number of aromatic nitrogens is 1. The van der Waals surface area contributed by atoms with E-state index in [4.69, 9.17) is 0 Å². The summed E-state index contributed by atoms with van der Waals surface area (Å²) in [6.07, 6.45) is 0. The van der Waals surface area contributed by atoms with E-state index in [1.54, 1.807) is 25.1 Å². The van der Waals surface area contributed by atoms with Crippen LogP contribution in [0, 0.1) is 12.7 Å². The van der Waals surface area contributed by atoms with Gasteiger partial charge < -0.3 is 4.98 Å². The number of benzene rings is 1. The van der Waals surface area contributed by atoms with Gasteiger partial charge in [-0.15, -0.1) is 0 Å². The van der Waals surface area contributed by atoms with Gasteiger partial charge in [0.05, 0.1) is 0 Å². The minimum Gasteiger partial charge on any atom is -0.324 e. The standard InChI is InChI=1S/C12H10FNO/c1-8-7-10(11(13)12(15)14-8)9-5-3-2-4-6-9/h2-7H,1H3,(H,14,15). The van der Waals surface area contributed by atoms with Crippen LogP contribution in [-0.4, -0.2) is 4.98 Å². The first-order chi connectivity index (χ1) is 7.18. The van der Waals surface area contributed by atoms with Crippen molar-refractivity contribution in [3.8, 4) is 11.1 Å². The molecule has 0 aliphatic carbocycles.